The molecule has 1 aromatic carbocycles. The van der Waals surface area contributed by atoms with E-state index in [-0.39, 0.29) is 5.91 Å². The molecule has 0 aliphatic carbocycles. The van der Waals surface area contributed by atoms with Crippen LogP contribution in [0.25, 0.3) is 0 Å². The summed E-state index contributed by atoms with van der Waals surface area (Å²) in [5.41, 5.74) is 6.07. The zero-order chi connectivity index (χ0) is 13.4. The van der Waals surface area contributed by atoms with Gasteiger partial charge in [0, 0.05) is 12.1 Å². The van der Waals surface area contributed by atoms with Crippen molar-refractivity contribution >= 4 is 23.2 Å². The predicted octanol–water partition coefficient (Wildman–Crippen LogP) is 2.81. The molecule has 1 rings (SSSR count). The van der Waals surface area contributed by atoms with Gasteiger partial charge in [0.05, 0.1) is 12.1 Å². The van der Waals surface area contributed by atoms with Crippen molar-refractivity contribution in [3.05, 3.63) is 23.2 Å². The molecule has 1 amide bonds. The monoisotopic (exact) mass is 270 g/mol. The molecule has 5 heteroatoms. The number of hydrogen-bond donors (Lipinski definition) is 2. The second kappa shape index (κ2) is 7.95. The third-order valence-electron chi connectivity index (χ3n) is 2.54. The first-order chi connectivity index (χ1) is 8.67. The average molecular weight is 271 g/mol. The van der Waals surface area contributed by atoms with E-state index in [0.717, 1.165) is 19.3 Å². The number of ether oxygens (including phenoxy) is 1. The van der Waals surface area contributed by atoms with Gasteiger partial charge in [0.1, 0.15) is 5.75 Å². The molecule has 0 fully saturated rings. The number of carbonyl (C=O) groups excluding carboxylic acids is 1. The van der Waals surface area contributed by atoms with Crippen molar-refractivity contribution in [3.8, 4) is 5.75 Å². The number of amides is 1. The number of benzene rings is 1. The first-order valence-corrected chi connectivity index (χ1v) is 6.38. The molecule has 0 heterocycles. The topological polar surface area (TPSA) is 64.3 Å². The highest BCUT2D eigenvalue weighted by molar-refractivity contribution is 6.32. The maximum absolute atomic E-state index is 11.6. The van der Waals surface area contributed by atoms with Crippen molar-refractivity contribution in [2.45, 2.75) is 25.7 Å². The van der Waals surface area contributed by atoms with Crippen LogP contribution in [0, 0.1) is 0 Å². The van der Waals surface area contributed by atoms with E-state index in [9.17, 15) is 4.79 Å². The van der Waals surface area contributed by atoms with Crippen LogP contribution in [0.15, 0.2) is 18.2 Å². The van der Waals surface area contributed by atoms with Crippen LogP contribution in [0.5, 0.6) is 5.75 Å². The van der Waals surface area contributed by atoms with Crippen LogP contribution in [0.3, 0.4) is 0 Å². The summed E-state index contributed by atoms with van der Waals surface area (Å²) in [7, 11) is 1.55. The quantitative estimate of drug-likeness (QED) is 0.749. The van der Waals surface area contributed by atoms with Crippen LogP contribution in [0.2, 0.25) is 5.02 Å². The van der Waals surface area contributed by atoms with Gasteiger partial charge in [-0.2, -0.15) is 0 Å². The maximum atomic E-state index is 11.6. The highest BCUT2D eigenvalue weighted by Gasteiger charge is 2.05. The van der Waals surface area contributed by atoms with Crippen molar-refractivity contribution in [2.24, 2.45) is 5.73 Å². The van der Waals surface area contributed by atoms with Gasteiger partial charge in [0.2, 0.25) is 5.91 Å². The SMILES string of the molecule is COc1ccc(NC(=O)CCCCCN)cc1Cl. The number of methoxy groups -OCH3 is 1. The van der Waals surface area contributed by atoms with Crippen molar-refractivity contribution in [2.75, 3.05) is 19.0 Å². The van der Waals surface area contributed by atoms with Gasteiger partial charge in [-0.15, -0.1) is 0 Å². The van der Waals surface area contributed by atoms with Crippen LogP contribution < -0.4 is 15.8 Å². The Labute approximate surface area is 112 Å². The molecule has 0 aliphatic heterocycles. The Morgan fingerprint density at radius 3 is 2.78 bits per heavy atom. The van der Waals surface area contributed by atoms with Gasteiger partial charge in [0.15, 0.2) is 0 Å². The van der Waals surface area contributed by atoms with E-state index in [1.807, 2.05) is 0 Å². The third-order valence-corrected chi connectivity index (χ3v) is 2.84. The zero-order valence-corrected chi connectivity index (χ0v) is 11.3. The lowest BCUT2D eigenvalue weighted by molar-refractivity contribution is -0.116. The van der Waals surface area contributed by atoms with Gasteiger partial charge in [0.25, 0.3) is 0 Å². The highest BCUT2D eigenvalue weighted by Crippen LogP contribution is 2.27. The van der Waals surface area contributed by atoms with Gasteiger partial charge < -0.3 is 15.8 Å². The summed E-state index contributed by atoms with van der Waals surface area (Å²) < 4.78 is 5.04. The van der Waals surface area contributed by atoms with Crippen LogP contribution in [0.1, 0.15) is 25.7 Å². The number of nitrogens with two attached hydrogens (primary N) is 1. The van der Waals surface area contributed by atoms with Gasteiger partial charge in [-0.25, -0.2) is 0 Å². The molecule has 0 aliphatic rings. The summed E-state index contributed by atoms with van der Waals surface area (Å²) in [5, 5.41) is 3.29. The van der Waals surface area contributed by atoms with E-state index in [2.05, 4.69) is 5.32 Å². The van der Waals surface area contributed by atoms with E-state index in [1.54, 1.807) is 25.3 Å². The Morgan fingerprint density at radius 2 is 2.17 bits per heavy atom. The fourth-order valence-corrected chi connectivity index (χ4v) is 1.83. The van der Waals surface area contributed by atoms with Crippen LogP contribution in [-0.4, -0.2) is 19.6 Å². The second-order valence-electron chi connectivity index (χ2n) is 4.00. The van der Waals surface area contributed by atoms with Crippen LogP contribution >= 0.6 is 11.6 Å². The number of carbonyl (C=O) groups is 1. The number of unbranched alkanes of at least 4 members (excludes halogenated alkanes) is 2. The Kier molecular flexibility index (Phi) is 6.54. The van der Waals surface area contributed by atoms with Crippen LogP contribution in [-0.2, 0) is 4.79 Å². The normalized spacial score (nSPS) is 10.2. The van der Waals surface area contributed by atoms with Crippen molar-refractivity contribution < 1.29 is 9.53 Å². The van der Waals surface area contributed by atoms with E-state index in [4.69, 9.17) is 22.1 Å². The van der Waals surface area contributed by atoms with Gasteiger partial charge >= 0.3 is 0 Å². The number of halogens is 1. The summed E-state index contributed by atoms with van der Waals surface area (Å²) in [4.78, 5) is 11.6. The van der Waals surface area contributed by atoms with E-state index >= 15 is 0 Å². The molecule has 18 heavy (non-hydrogen) atoms. The summed E-state index contributed by atoms with van der Waals surface area (Å²) in [6, 6.07) is 5.17. The molecule has 0 aromatic heterocycles. The van der Waals surface area contributed by atoms with Crippen LogP contribution in [0.4, 0.5) is 5.69 Å². The summed E-state index contributed by atoms with van der Waals surface area (Å²) in [6.45, 7) is 0.676. The molecule has 0 unspecified atom stereocenters. The molecule has 0 saturated carbocycles. The lowest BCUT2D eigenvalue weighted by Gasteiger charge is -2.08. The molecular formula is C13H19ClN2O2. The van der Waals surface area contributed by atoms with E-state index in [1.165, 1.54) is 0 Å². The largest absolute Gasteiger partial charge is 0.495 e. The number of anilines is 1. The molecule has 3 N–H and O–H groups in total. The minimum Gasteiger partial charge on any atom is -0.495 e. The van der Waals surface area contributed by atoms with Gasteiger partial charge in [-0.1, -0.05) is 18.0 Å². The van der Waals surface area contributed by atoms with Gasteiger partial charge in [-0.05, 0) is 37.6 Å². The van der Waals surface area contributed by atoms with Crippen molar-refractivity contribution in [1.82, 2.24) is 0 Å². The molecular weight excluding hydrogens is 252 g/mol. The van der Waals surface area contributed by atoms with E-state index in [0.29, 0.717) is 29.4 Å². The Balaban J connectivity index is 2.42. The molecule has 0 saturated heterocycles. The number of rotatable bonds is 7. The molecule has 0 spiro atoms. The average Bonchev–Trinajstić information content (AvgIpc) is 2.35. The second-order valence-corrected chi connectivity index (χ2v) is 4.40. The third kappa shape index (κ3) is 4.94. The minimum absolute atomic E-state index is 0.00625. The Morgan fingerprint density at radius 1 is 1.39 bits per heavy atom. The van der Waals surface area contributed by atoms with Crippen molar-refractivity contribution in [3.63, 3.8) is 0 Å². The smallest absolute Gasteiger partial charge is 0.224 e. The zero-order valence-electron chi connectivity index (χ0n) is 10.5. The molecule has 0 bridgehead atoms. The van der Waals surface area contributed by atoms with Crippen molar-refractivity contribution in [1.29, 1.82) is 0 Å². The fraction of sp³-hybridized carbons (Fsp3) is 0.462. The highest BCUT2D eigenvalue weighted by atomic mass is 35.5. The standard InChI is InChI=1S/C13H19ClN2O2/c1-18-12-7-6-10(9-11(12)14)16-13(17)5-3-2-4-8-15/h6-7,9H,2-5,8,15H2,1H3,(H,16,17). The predicted molar refractivity (Wildman–Crippen MR) is 74.2 cm³/mol. The van der Waals surface area contributed by atoms with Gasteiger partial charge in [-0.3, -0.25) is 4.79 Å². The molecule has 100 valence electrons. The molecule has 0 atom stereocenters. The summed E-state index contributed by atoms with van der Waals surface area (Å²) >= 11 is 5.97. The summed E-state index contributed by atoms with van der Waals surface area (Å²) in [6.07, 6.45) is 3.30. The summed E-state index contributed by atoms with van der Waals surface area (Å²) in [5.74, 6) is 0.589. The molecule has 1 aromatic rings. The first kappa shape index (κ1) is 14.8. The first-order valence-electron chi connectivity index (χ1n) is 6.01. The Bertz CT molecular complexity index is 397. The number of hydrogen-bond acceptors (Lipinski definition) is 3. The lowest BCUT2D eigenvalue weighted by Crippen LogP contribution is -2.11. The lowest BCUT2D eigenvalue weighted by atomic mass is 10.2. The Hall–Kier alpha value is -1.26. The maximum Gasteiger partial charge on any atom is 0.224 e. The minimum atomic E-state index is -0.00625. The molecule has 0 radical (unpaired) electrons. The fourth-order valence-electron chi connectivity index (χ4n) is 1.57. The van der Waals surface area contributed by atoms with E-state index < -0.39 is 0 Å². The number of nitrogens with one attached hydrogen (secondary N) is 1. The molecule has 4 nitrogen and oxygen atoms in total.